The standard InChI is InChI=1S/C30H25IN2O5S/c1-4-38-29(35)25-26(19-8-6-5-7-9-19)32-30-33(27(25)20-11-13-21(36-2)14-12-20)28(34)24(39-30)17-18-10-15-23(37-3)22(31)16-18/h5-17,27H,4H2,1-3H3/b24-17+/t27-/m0/s1. The maximum Gasteiger partial charge on any atom is 0.338 e. The summed E-state index contributed by atoms with van der Waals surface area (Å²) in [4.78, 5) is 32.8. The molecule has 1 aliphatic rings. The molecular formula is C30H25IN2O5S. The Morgan fingerprint density at radius 2 is 1.79 bits per heavy atom. The van der Waals surface area contributed by atoms with Crippen LogP contribution in [0.25, 0.3) is 11.8 Å². The molecule has 1 aliphatic heterocycles. The van der Waals surface area contributed by atoms with Gasteiger partial charge in [0.25, 0.3) is 5.56 Å². The number of carbonyl (C=O) groups is 1. The van der Waals surface area contributed by atoms with Gasteiger partial charge in [-0.3, -0.25) is 9.36 Å². The zero-order valence-electron chi connectivity index (χ0n) is 21.5. The van der Waals surface area contributed by atoms with Gasteiger partial charge in [-0.1, -0.05) is 59.9 Å². The molecule has 4 aromatic rings. The molecule has 0 saturated carbocycles. The topological polar surface area (TPSA) is 79.1 Å². The molecule has 0 bridgehead atoms. The Labute approximate surface area is 242 Å². The normalized spacial score (nSPS) is 15.0. The van der Waals surface area contributed by atoms with Gasteiger partial charge in [-0.2, -0.15) is 0 Å². The van der Waals surface area contributed by atoms with Crippen LogP contribution in [-0.4, -0.2) is 31.4 Å². The average Bonchev–Trinajstić information content (AvgIpc) is 3.27. The van der Waals surface area contributed by atoms with Gasteiger partial charge in [0.15, 0.2) is 4.80 Å². The van der Waals surface area contributed by atoms with Gasteiger partial charge < -0.3 is 14.2 Å². The Kier molecular flexibility index (Phi) is 7.99. The molecule has 0 radical (unpaired) electrons. The number of hydrogen-bond acceptors (Lipinski definition) is 7. The fraction of sp³-hybridized carbons (Fsp3) is 0.167. The quantitative estimate of drug-likeness (QED) is 0.216. The maximum absolute atomic E-state index is 14.0. The predicted octanol–water partition coefficient (Wildman–Crippen LogP) is 4.56. The van der Waals surface area contributed by atoms with Crippen molar-refractivity contribution in [1.29, 1.82) is 0 Å². The van der Waals surface area contributed by atoms with Crippen molar-refractivity contribution >= 4 is 51.7 Å². The van der Waals surface area contributed by atoms with E-state index in [1.807, 2.05) is 78.9 Å². The monoisotopic (exact) mass is 652 g/mol. The van der Waals surface area contributed by atoms with E-state index in [0.29, 0.717) is 26.4 Å². The number of benzene rings is 3. The van der Waals surface area contributed by atoms with Gasteiger partial charge in [0.2, 0.25) is 0 Å². The minimum absolute atomic E-state index is 0.195. The molecule has 2 heterocycles. The Hall–Kier alpha value is -3.70. The number of ether oxygens (including phenoxy) is 3. The fourth-order valence-electron chi connectivity index (χ4n) is 4.47. The highest BCUT2D eigenvalue weighted by molar-refractivity contribution is 14.1. The zero-order valence-corrected chi connectivity index (χ0v) is 24.5. The number of esters is 1. The van der Waals surface area contributed by atoms with E-state index in [0.717, 1.165) is 26.0 Å². The van der Waals surface area contributed by atoms with E-state index in [-0.39, 0.29) is 12.2 Å². The Balaban J connectivity index is 1.79. The van der Waals surface area contributed by atoms with E-state index in [4.69, 9.17) is 19.2 Å². The summed E-state index contributed by atoms with van der Waals surface area (Å²) in [6.45, 7) is 1.95. The van der Waals surface area contributed by atoms with Crippen LogP contribution in [0.1, 0.15) is 29.7 Å². The molecule has 1 atom stereocenters. The fourth-order valence-corrected chi connectivity index (χ4v) is 6.23. The third-order valence-corrected chi connectivity index (χ3v) is 8.10. The number of rotatable bonds is 7. The number of nitrogens with zero attached hydrogens (tertiary/aromatic N) is 2. The molecule has 9 heteroatoms. The molecular weight excluding hydrogens is 627 g/mol. The second-order valence-electron chi connectivity index (χ2n) is 8.60. The average molecular weight is 653 g/mol. The van der Waals surface area contributed by atoms with Crippen LogP contribution in [0.15, 0.2) is 88.2 Å². The summed E-state index contributed by atoms with van der Waals surface area (Å²) in [7, 11) is 3.22. The number of methoxy groups -OCH3 is 2. The molecule has 39 heavy (non-hydrogen) atoms. The van der Waals surface area contributed by atoms with Crippen molar-refractivity contribution < 1.29 is 19.0 Å². The van der Waals surface area contributed by atoms with Gasteiger partial charge in [0, 0.05) is 5.56 Å². The summed E-state index contributed by atoms with van der Waals surface area (Å²) >= 11 is 3.49. The van der Waals surface area contributed by atoms with Gasteiger partial charge in [-0.25, -0.2) is 9.79 Å². The highest BCUT2D eigenvalue weighted by Gasteiger charge is 2.35. The predicted molar refractivity (Wildman–Crippen MR) is 160 cm³/mol. The zero-order chi connectivity index (χ0) is 27.5. The van der Waals surface area contributed by atoms with E-state index in [2.05, 4.69) is 22.6 Å². The van der Waals surface area contributed by atoms with E-state index in [1.165, 1.54) is 11.3 Å². The summed E-state index contributed by atoms with van der Waals surface area (Å²) in [5, 5.41) is 0. The van der Waals surface area contributed by atoms with Crippen LogP contribution >= 0.6 is 33.9 Å². The van der Waals surface area contributed by atoms with Crippen LogP contribution < -0.4 is 24.4 Å². The summed E-state index contributed by atoms with van der Waals surface area (Å²) < 4.78 is 19.3. The second-order valence-corrected chi connectivity index (χ2v) is 10.8. The molecule has 0 spiro atoms. The highest BCUT2D eigenvalue weighted by atomic mass is 127. The molecule has 198 valence electrons. The molecule has 0 aliphatic carbocycles. The van der Waals surface area contributed by atoms with E-state index in [9.17, 15) is 9.59 Å². The summed E-state index contributed by atoms with van der Waals surface area (Å²) in [6.07, 6.45) is 1.84. The van der Waals surface area contributed by atoms with Crippen LogP contribution in [0, 0.1) is 3.57 Å². The van der Waals surface area contributed by atoms with Crippen molar-refractivity contribution in [1.82, 2.24) is 4.57 Å². The van der Waals surface area contributed by atoms with Crippen molar-refractivity contribution in [2.75, 3.05) is 20.8 Å². The molecule has 0 fully saturated rings. The molecule has 5 rings (SSSR count). The smallest absolute Gasteiger partial charge is 0.338 e. The van der Waals surface area contributed by atoms with Gasteiger partial charge in [0.05, 0.1) is 46.2 Å². The van der Waals surface area contributed by atoms with Crippen LogP contribution in [-0.2, 0) is 9.53 Å². The summed E-state index contributed by atoms with van der Waals surface area (Å²) in [6, 6.07) is 21.8. The highest BCUT2D eigenvalue weighted by Crippen LogP contribution is 2.35. The maximum atomic E-state index is 14.0. The Morgan fingerprint density at radius 1 is 1.05 bits per heavy atom. The number of halogens is 1. The lowest BCUT2D eigenvalue weighted by Gasteiger charge is -2.26. The van der Waals surface area contributed by atoms with Crippen molar-refractivity contribution in [2.24, 2.45) is 4.99 Å². The number of fused-ring (bicyclic) bond motifs is 1. The number of carbonyl (C=O) groups excluding carboxylic acids is 1. The van der Waals surface area contributed by atoms with Gasteiger partial charge in [-0.15, -0.1) is 0 Å². The molecule has 3 aromatic carbocycles. The van der Waals surface area contributed by atoms with Crippen LogP contribution in [0.4, 0.5) is 0 Å². The first-order chi connectivity index (χ1) is 18.9. The largest absolute Gasteiger partial charge is 0.497 e. The minimum atomic E-state index is -0.737. The first-order valence-corrected chi connectivity index (χ1v) is 14.1. The van der Waals surface area contributed by atoms with E-state index < -0.39 is 12.0 Å². The van der Waals surface area contributed by atoms with Gasteiger partial charge >= 0.3 is 5.97 Å². The van der Waals surface area contributed by atoms with Crippen molar-refractivity contribution in [3.8, 4) is 11.5 Å². The number of aromatic nitrogens is 1. The van der Waals surface area contributed by atoms with E-state index in [1.54, 1.807) is 25.7 Å². The van der Waals surface area contributed by atoms with Crippen LogP contribution in [0.5, 0.6) is 11.5 Å². The van der Waals surface area contributed by atoms with Crippen molar-refractivity contribution in [3.63, 3.8) is 0 Å². The van der Waals surface area contributed by atoms with Crippen molar-refractivity contribution in [2.45, 2.75) is 13.0 Å². The Bertz CT molecular complexity index is 1740. The third kappa shape index (κ3) is 5.28. The second kappa shape index (κ2) is 11.6. The molecule has 0 saturated heterocycles. The minimum Gasteiger partial charge on any atom is -0.497 e. The van der Waals surface area contributed by atoms with Crippen molar-refractivity contribution in [3.05, 3.63) is 118 Å². The number of hydrogen-bond donors (Lipinski definition) is 0. The van der Waals surface area contributed by atoms with Gasteiger partial charge in [-0.05, 0) is 71.0 Å². The van der Waals surface area contributed by atoms with Crippen LogP contribution in [0.3, 0.4) is 0 Å². The van der Waals surface area contributed by atoms with Gasteiger partial charge in [0.1, 0.15) is 11.5 Å². The number of thiazole rings is 1. The lowest BCUT2D eigenvalue weighted by atomic mass is 9.93. The molecule has 0 unspecified atom stereocenters. The first kappa shape index (κ1) is 26.9. The van der Waals surface area contributed by atoms with E-state index >= 15 is 0 Å². The molecule has 0 N–H and O–H groups in total. The SMILES string of the molecule is CCOC(=O)C1=C(c2ccccc2)N=c2s/c(=C/c3ccc(OC)c(I)c3)c(=O)n2[C@H]1c1ccc(OC)cc1. The summed E-state index contributed by atoms with van der Waals surface area (Å²) in [5.41, 5.74) is 2.93. The summed E-state index contributed by atoms with van der Waals surface area (Å²) in [5.74, 6) is 0.922. The molecule has 0 amide bonds. The lowest BCUT2D eigenvalue weighted by Crippen LogP contribution is -2.40. The molecule has 1 aromatic heterocycles. The first-order valence-electron chi connectivity index (χ1n) is 12.2. The third-order valence-electron chi connectivity index (χ3n) is 6.28. The van der Waals surface area contributed by atoms with Crippen LogP contribution in [0.2, 0.25) is 0 Å². The lowest BCUT2D eigenvalue weighted by molar-refractivity contribution is -0.138. The molecule has 7 nitrogen and oxygen atoms in total. The Morgan fingerprint density at radius 3 is 2.44 bits per heavy atom.